The maximum atomic E-state index is 12.4. The van der Waals surface area contributed by atoms with Gasteiger partial charge in [-0.1, -0.05) is 71.0 Å². The van der Waals surface area contributed by atoms with Gasteiger partial charge in [0.05, 0.1) is 22.7 Å². The van der Waals surface area contributed by atoms with Gasteiger partial charge in [0, 0.05) is 31.9 Å². The number of pyridine rings is 1. The molecule has 0 saturated heterocycles. The van der Waals surface area contributed by atoms with Gasteiger partial charge in [-0.15, -0.1) is 0 Å². The summed E-state index contributed by atoms with van der Waals surface area (Å²) in [5.41, 5.74) is 0.768. The highest BCUT2D eigenvalue weighted by molar-refractivity contribution is 7.98. The van der Waals surface area contributed by atoms with Crippen molar-refractivity contribution in [1.29, 1.82) is 0 Å². The number of rotatable bonds is 9. The van der Waals surface area contributed by atoms with Crippen LogP contribution < -0.4 is 20.3 Å². The molecule has 0 aliphatic carbocycles. The molecule has 0 unspecified atom stereocenters. The molecule has 0 atom stereocenters. The van der Waals surface area contributed by atoms with E-state index in [1.807, 2.05) is 12.5 Å². The van der Waals surface area contributed by atoms with E-state index in [1.54, 1.807) is 74.9 Å². The number of ether oxygens (including phenoxy) is 3. The molecule has 1 N–H and O–H groups in total. The zero-order chi connectivity index (χ0) is 34.3. The van der Waals surface area contributed by atoms with Crippen LogP contribution in [0.1, 0.15) is 10.4 Å². The summed E-state index contributed by atoms with van der Waals surface area (Å²) in [6, 6.07) is 15.6. The normalized spacial score (nSPS) is 10.1. The second-order valence-corrected chi connectivity index (χ2v) is 11.2. The van der Waals surface area contributed by atoms with Crippen LogP contribution >= 0.6 is 46.7 Å². The molecule has 2 aromatic carbocycles. The van der Waals surface area contributed by atoms with E-state index in [1.165, 1.54) is 41.4 Å². The molecule has 3 heterocycles. The lowest BCUT2D eigenvalue weighted by Crippen LogP contribution is -2.19. The number of hydrogen-bond donors (Lipinski definition) is 1. The average molecular weight is 718 g/mol. The number of anilines is 1. The number of esters is 1. The molecule has 0 aliphatic heterocycles. The minimum atomic E-state index is -0.431. The first kappa shape index (κ1) is 37.1. The lowest BCUT2D eigenvalue weighted by Gasteiger charge is -2.10. The van der Waals surface area contributed by atoms with Crippen LogP contribution in [0.5, 0.6) is 17.2 Å². The molecule has 16 heteroatoms. The second kappa shape index (κ2) is 18.7. The van der Waals surface area contributed by atoms with Crippen molar-refractivity contribution in [1.82, 2.24) is 24.5 Å². The number of hydrogen-bond acceptors (Lipinski definition) is 13. The van der Waals surface area contributed by atoms with E-state index in [0.29, 0.717) is 48.9 Å². The van der Waals surface area contributed by atoms with Crippen molar-refractivity contribution in [2.24, 2.45) is 7.05 Å². The molecule has 0 bridgehead atoms. The summed E-state index contributed by atoms with van der Waals surface area (Å²) in [4.78, 5) is 50.2. The van der Waals surface area contributed by atoms with E-state index in [4.69, 9.17) is 32.7 Å². The lowest BCUT2D eigenvalue weighted by molar-refractivity contribution is -0.142. The highest BCUT2D eigenvalue weighted by Crippen LogP contribution is 2.28. The van der Waals surface area contributed by atoms with Crippen LogP contribution in [0.3, 0.4) is 0 Å². The van der Waals surface area contributed by atoms with Crippen molar-refractivity contribution < 1.29 is 23.8 Å². The molecule has 0 aliphatic rings. The van der Waals surface area contributed by atoms with Crippen molar-refractivity contribution >= 4 is 75.8 Å². The molecule has 0 radical (unpaired) electrons. The highest BCUT2D eigenvalue weighted by atomic mass is 35.5. The molecule has 12 nitrogen and oxygen atoms in total. The van der Waals surface area contributed by atoms with Crippen LogP contribution in [0.4, 0.5) is 5.82 Å². The van der Waals surface area contributed by atoms with Crippen LogP contribution in [-0.4, -0.2) is 70.0 Å². The standard InChI is InChI=1S/C15H12ClN3O2S.C9H9ClO3.C7H9N3OS/c1-19-13-9(8-17-15(18-13)22-2)7-12(14(19)20)21-11-6-4-3-5-10(11)16;1-12-9(11)6-13-8-5-3-2-4-7(8)10;1-8-6-5(4-11)3-9-7(10-6)12-2/h3-8H,1-2H3;2-5H,6H2,1H3;3-4H,1-2H3,(H,8,9,10). The Morgan fingerprint density at radius 3 is 2.11 bits per heavy atom. The number of benzene rings is 2. The minimum Gasteiger partial charge on any atom is -0.480 e. The minimum absolute atomic E-state index is 0.125. The monoisotopic (exact) mass is 716 g/mol. The van der Waals surface area contributed by atoms with Crippen molar-refractivity contribution in [3.05, 3.63) is 93.0 Å². The van der Waals surface area contributed by atoms with Gasteiger partial charge in [-0.3, -0.25) is 14.2 Å². The van der Waals surface area contributed by atoms with Gasteiger partial charge in [0.2, 0.25) is 0 Å². The summed E-state index contributed by atoms with van der Waals surface area (Å²) in [5, 5.41) is 5.74. The van der Waals surface area contributed by atoms with E-state index in [9.17, 15) is 14.4 Å². The van der Waals surface area contributed by atoms with E-state index in [-0.39, 0.29) is 17.9 Å². The van der Waals surface area contributed by atoms with Gasteiger partial charge in [0.1, 0.15) is 23.0 Å². The summed E-state index contributed by atoms with van der Waals surface area (Å²) in [6.45, 7) is -0.125. The molecule has 5 rings (SSSR count). The number of thioether (sulfide) groups is 2. The van der Waals surface area contributed by atoms with Gasteiger partial charge in [-0.2, -0.15) is 0 Å². The largest absolute Gasteiger partial charge is 0.480 e. The number of aryl methyl sites for hydroxylation is 1. The molecule has 0 spiro atoms. The lowest BCUT2D eigenvalue weighted by atomic mass is 10.3. The molecule has 0 amide bonds. The van der Waals surface area contributed by atoms with Crippen LogP contribution in [0.25, 0.3) is 11.0 Å². The van der Waals surface area contributed by atoms with Crippen molar-refractivity contribution in [2.75, 3.05) is 38.6 Å². The fraction of sp³-hybridized carbons (Fsp3) is 0.194. The van der Waals surface area contributed by atoms with Crippen molar-refractivity contribution in [2.45, 2.75) is 10.3 Å². The number of carbonyl (C=O) groups is 2. The number of para-hydroxylation sites is 2. The Kier molecular flexibility index (Phi) is 14.8. The number of aromatic nitrogens is 5. The third kappa shape index (κ3) is 10.6. The van der Waals surface area contributed by atoms with Gasteiger partial charge in [-0.05, 0) is 42.8 Å². The van der Waals surface area contributed by atoms with Crippen LogP contribution in [-0.2, 0) is 16.6 Å². The predicted octanol–water partition coefficient (Wildman–Crippen LogP) is 6.44. The molecule has 246 valence electrons. The van der Waals surface area contributed by atoms with Gasteiger partial charge in [0.15, 0.2) is 29.0 Å². The van der Waals surface area contributed by atoms with Gasteiger partial charge in [0.25, 0.3) is 5.56 Å². The summed E-state index contributed by atoms with van der Waals surface area (Å²) < 4.78 is 16.6. The molecule has 0 fully saturated rings. The van der Waals surface area contributed by atoms with Crippen LogP contribution in [0.15, 0.2) is 82.1 Å². The first-order chi connectivity index (χ1) is 22.6. The molecule has 0 saturated carbocycles. The molecule has 47 heavy (non-hydrogen) atoms. The number of halogens is 2. The number of methoxy groups -OCH3 is 1. The average Bonchev–Trinajstić information content (AvgIpc) is 3.11. The number of nitrogens with zero attached hydrogens (tertiary/aromatic N) is 5. The van der Waals surface area contributed by atoms with Crippen LogP contribution in [0.2, 0.25) is 10.0 Å². The Labute approximate surface area is 289 Å². The molecule has 3 aromatic heterocycles. The Balaban J connectivity index is 0.000000206. The van der Waals surface area contributed by atoms with Crippen LogP contribution in [0, 0.1) is 0 Å². The second-order valence-electron chi connectivity index (χ2n) is 8.86. The quantitative estimate of drug-likeness (QED) is 0.0773. The summed E-state index contributed by atoms with van der Waals surface area (Å²) in [5.74, 6) is 1.24. The maximum Gasteiger partial charge on any atom is 0.343 e. The molecular formula is C31H30Cl2N6O6S2. The van der Waals surface area contributed by atoms with E-state index in [0.717, 1.165) is 11.7 Å². The first-order valence-corrected chi connectivity index (χ1v) is 16.7. The zero-order valence-corrected chi connectivity index (χ0v) is 29.0. The fourth-order valence-corrected chi connectivity index (χ4v) is 4.58. The van der Waals surface area contributed by atoms with E-state index >= 15 is 0 Å². The third-order valence-corrected chi connectivity index (χ3v) is 7.63. The Morgan fingerprint density at radius 1 is 0.936 bits per heavy atom. The first-order valence-electron chi connectivity index (χ1n) is 13.5. The predicted molar refractivity (Wildman–Crippen MR) is 186 cm³/mol. The zero-order valence-electron chi connectivity index (χ0n) is 25.9. The third-order valence-electron chi connectivity index (χ3n) is 5.88. The van der Waals surface area contributed by atoms with Gasteiger partial charge >= 0.3 is 5.97 Å². The van der Waals surface area contributed by atoms with Crippen molar-refractivity contribution in [3.63, 3.8) is 0 Å². The van der Waals surface area contributed by atoms with E-state index in [2.05, 4.69) is 30.0 Å². The van der Waals surface area contributed by atoms with Gasteiger partial charge < -0.3 is 19.5 Å². The number of aldehydes is 1. The number of fused-ring (bicyclic) bond motifs is 1. The number of nitrogens with one attached hydrogen (secondary N) is 1. The van der Waals surface area contributed by atoms with Gasteiger partial charge in [-0.25, -0.2) is 24.7 Å². The number of carbonyl (C=O) groups excluding carboxylic acids is 2. The summed E-state index contributed by atoms with van der Waals surface area (Å²) >= 11 is 14.7. The van der Waals surface area contributed by atoms with Crippen molar-refractivity contribution in [3.8, 4) is 17.2 Å². The fourth-order valence-electron chi connectivity index (χ4n) is 3.54. The maximum absolute atomic E-state index is 12.4. The summed E-state index contributed by atoms with van der Waals surface area (Å²) in [7, 11) is 4.68. The Morgan fingerprint density at radius 2 is 1.53 bits per heavy atom. The smallest absolute Gasteiger partial charge is 0.343 e. The topological polar surface area (TPSA) is 147 Å². The van der Waals surface area contributed by atoms with E-state index < -0.39 is 5.97 Å². The summed E-state index contributed by atoms with van der Waals surface area (Å²) in [6.07, 6.45) is 7.68. The molecule has 5 aromatic rings. The Hall–Kier alpha value is -4.37. The SMILES string of the molecule is CNc1nc(SC)ncc1C=O.COC(=O)COc1ccccc1Cl.CSc1ncc2cc(Oc3ccccc3Cl)c(=O)n(C)c2n1. The molecular weight excluding hydrogens is 687 g/mol. The Bertz CT molecular complexity index is 1900. The highest BCUT2D eigenvalue weighted by Gasteiger charge is 2.12.